The van der Waals surface area contributed by atoms with E-state index in [0.717, 1.165) is 11.8 Å². The van der Waals surface area contributed by atoms with E-state index in [0.29, 0.717) is 42.2 Å². The van der Waals surface area contributed by atoms with Crippen molar-refractivity contribution in [3.05, 3.63) is 65.0 Å². The molecule has 8 nitrogen and oxygen atoms in total. The van der Waals surface area contributed by atoms with Gasteiger partial charge in [-0.15, -0.1) is 5.48 Å². The molecule has 1 atom stereocenters. The number of carbonyl (C=O) groups is 1. The van der Waals surface area contributed by atoms with Crippen LogP contribution < -0.4 is 10.9 Å². The summed E-state index contributed by atoms with van der Waals surface area (Å²) >= 11 is 0. The van der Waals surface area contributed by atoms with E-state index in [9.17, 15) is 9.18 Å². The van der Waals surface area contributed by atoms with Gasteiger partial charge in [0.25, 0.3) is 5.91 Å². The van der Waals surface area contributed by atoms with E-state index >= 15 is 0 Å². The second kappa shape index (κ2) is 10.4. The Bertz CT molecular complexity index is 990. The monoisotopic (exact) mass is 424 g/mol. The summed E-state index contributed by atoms with van der Waals surface area (Å²) in [7, 11) is 0. The third-order valence-electron chi connectivity index (χ3n) is 4.74. The summed E-state index contributed by atoms with van der Waals surface area (Å²) in [4.78, 5) is 24.8. The number of hydroxylamine groups is 1. The van der Waals surface area contributed by atoms with Crippen molar-refractivity contribution in [3.8, 4) is 0 Å². The summed E-state index contributed by atoms with van der Waals surface area (Å²) in [5, 5.41) is 10.9. The van der Waals surface area contributed by atoms with Gasteiger partial charge < -0.3 is 15.1 Å². The Balaban J connectivity index is 1.67. The Labute approximate surface area is 180 Å². The predicted octanol–water partition coefficient (Wildman–Crippen LogP) is 3.34. The first kappa shape index (κ1) is 22.1. The summed E-state index contributed by atoms with van der Waals surface area (Å²) in [6.45, 7) is 4.83. The molecule has 1 heterocycles. The van der Waals surface area contributed by atoms with Crippen molar-refractivity contribution in [1.29, 1.82) is 5.41 Å². The fourth-order valence-electron chi connectivity index (χ4n) is 3.10. The SMILES string of the molecule is CCN(CCC1N=C(c2ccc(F)cc2)ON1)C(=O)c1cc(C)ccc1N/N=C\C=N. The number of nitrogens with one attached hydrogen (secondary N) is 3. The highest BCUT2D eigenvalue weighted by Crippen LogP contribution is 2.20. The fourth-order valence-corrected chi connectivity index (χ4v) is 3.10. The molecular weight excluding hydrogens is 399 g/mol. The molecule has 0 aliphatic carbocycles. The van der Waals surface area contributed by atoms with Crippen molar-refractivity contribution in [1.82, 2.24) is 10.4 Å². The second-order valence-electron chi connectivity index (χ2n) is 6.96. The number of carbonyl (C=O) groups excluding carboxylic acids is 1. The Morgan fingerprint density at radius 1 is 1.35 bits per heavy atom. The van der Waals surface area contributed by atoms with Gasteiger partial charge in [0, 0.05) is 31.3 Å². The average Bonchev–Trinajstić information content (AvgIpc) is 3.24. The van der Waals surface area contributed by atoms with Crippen LogP contribution in [0.1, 0.15) is 34.8 Å². The average molecular weight is 424 g/mol. The molecule has 2 aromatic rings. The lowest BCUT2D eigenvalue weighted by molar-refractivity contribution is 0.0750. The van der Waals surface area contributed by atoms with Crippen molar-refractivity contribution in [2.24, 2.45) is 10.1 Å². The van der Waals surface area contributed by atoms with E-state index in [4.69, 9.17) is 10.2 Å². The summed E-state index contributed by atoms with van der Waals surface area (Å²) < 4.78 is 13.1. The quantitative estimate of drug-likeness (QED) is 0.424. The summed E-state index contributed by atoms with van der Waals surface area (Å²) in [5.74, 6) is -0.0495. The molecule has 1 aliphatic heterocycles. The van der Waals surface area contributed by atoms with Gasteiger partial charge in [0.05, 0.1) is 17.5 Å². The van der Waals surface area contributed by atoms with E-state index in [1.54, 1.807) is 23.1 Å². The van der Waals surface area contributed by atoms with Crippen LogP contribution in [0.25, 0.3) is 0 Å². The van der Waals surface area contributed by atoms with Crippen molar-refractivity contribution >= 4 is 29.9 Å². The molecule has 162 valence electrons. The molecule has 0 saturated carbocycles. The molecule has 0 fully saturated rings. The first-order valence-electron chi connectivity index (χ1n) is 9.96. The van der Waals surface area contributed by atoms with Crippen molar-refractivity contribution in [3.63, 3.8) is 0 Å². The van der Waals surface area contributed by atoms with Crippen LogP contribution in [0.2, 0.25) is 0 Å². The highest BCUT2D eigenvalue weighted by molar-refractivity contribution is 6.14. The number of amides is 1. The van der Waals surface area contributed by atoms with Gasteiger partial charge in [-0.25, -0.2) is 9.38 Å². The number of hydrogen-bond acceptors (Lipinski definition) is 7. The minimum Gasteiger partial charge on any atom is -0.386 e. The van der Waals surface area contributed by atoms with Crippen LogP contribution in [0.3, 0.4) is 0 Å². The highest BCUT2D eigenvalue weighted by Gasteiger charge is 2.23. The number of aryl methyl sites for hydroxylation is 1. The molecule has 31 heavy (non-hydrogen) atoms. The standard InChI is InChI=1S/C22H25FN6O2/c1-3-29(22(30)18-14-15(2)4-9-19(18)27-25-12-11-24)13-10-20-26-21(31-28-20)16-5-7-17(23)8-6-16/h4-9,11-12,14,20,24,27-28H,3,10,13H2,1-2H3/b24-11?,25-12-. The van der Waals surface area contributed by atoms with Gasteiger partial charge in [-0.2, -0.15) is 5.10 Å². The number of aliphatic imine (C=N–C) groups is 1. The van der Waals surface area contributed by atoms with Crippen LogP contribution >= 0.6 is 0 Å². The number of nitrogens with zero attached hydrogens (tertiary/aromatic N) is 3. The van der Waals surface area contributed by atoms with Crippen molar-refractivity contribution in [2.75, 3.05) is 18.5 Å². The summed E-state index contributed by atoms with van der Waals surface area (Å²) in [6, 6.07) is 11.4. The molecule has 0 radical (unpaired) electrons. The first-order chi connectivity index (χ1) is 15.0. The Kier molecular flexibility index (Phi) is 7.45. The van der Waals surface area contributed by atoms with Gasteiger partial charge in [-0.1, -0.05) is 11.6 Å². The minimum absolute atomic E-state index is 0.125. The van der Waals surface area contributed by atoms with Gasteiger partial charge in [-0.05, 0) is 50.2 Å². The van der Waals surface area contributed by atoms with E-state index in [1.807, 2.05) is 26.0 Å². The van der Waals surface area contributed by atoms with Crippen LogP contribution in [-0.4, -0.2) is 48.4 Å². The summed E-state index contributed by atoms with van der Waals surface area (Å²) in [6.07, 6.45) is 2.59. The molecule has 3 N–H and O–H groups in total. The Morgan fingerprint density at radius 2 is 2.13 bits per heavy atom. The van der Waals surface area contributed by atoms with Crippen molar-refractivity contribution < 1.29 is 14.0 Å². The van der Waals surface area contributed by atoms with Crippen LogP contribution in [0.4, 0.5) is 10.1 Å². The molecule has 9 heteroatoms. The largest absolute Gasteiger partial charge is 0.386 e. The summed E-state index contributed by atoms with van der Waals surface area (Å²) in [5.41, 5.74) is 8.39. The van der Waals surface area contributed by atoms with E-state index in [2.05, 4.69) is 21.0 Å². The van der Waals surface area contributed by atoms with Gasteiger partial charge in [0.2, 0.25) is 5.90 Å². The normalized spacial score (nSPS) is 15.5. The zero-order valence-electron chi connectivity index (χ0n) is 17.4. The molecule has 1 unspecified atom stereocenters. The lowest BCUT2D eigenvalue weighted by Gasteiger charge is -2.23. The lowest BCUT2D eigenvalue weighted by atomic mass is 10.1. The van der Waals surface area contributed by atoms with E-state index in [-0.39, 0.29) is 17.9 Å². The first-order valence-corrected chi connectivity index (χ1v) is 9.96. The van der Waals surface area contributed by atoms with Gasteiger partial charge in [0.15, 0.2) is 0 Å². The van der Waals surface area contributed by atoms with Crippen LogP contribution in [-0.2, 0) is 4.84 Å². The van der Waals surface area contributed by atoms with Gasteiger partial charge in [-0.3, -0.25) is 10.2 Å². The maximum atomic E-state index is 13.2. The molecule has 2 aromatic carbocycles. The number of halogens is 1. The predicted molar refractivity (Wildman–Crippen MR) is 119 cm³/mol. The second-order valence-corrected chi connectivity index (χ2v) is 6.96. The fraction of sp³-hybridized carbons (Fsp3) is 0.273. The number of hydrogen-bond donors (Lipinski definition) is 3. The van der Waals surface area contributed by atoms with Crippen LogP contribution in [0.15, 0.2) is 52.6 Å². The maximum Gasteiger partial charge on any atom is 0.256 e. The smallest absolute Gasteiger partial charge is 0.256 e. The molecular formula is C22H25FN6O2. The number of rotatable bonds is 9. The van der Waals surface area contributed by atoms with E-state index in [1.165, 1.54) is 18.3 Å². The molecule has 0 bridgehead atoms. The molecule has 0 aromatic heterocycles. The third kappa shape index (κ3) is 5.73. The lowest BCUT2D eigenvalue weighted by Crippen LogP contribution is -2.35. The van der Waals surface area contributed by atoms with Gasteiger partial charge >= 0.3 is 0 Å². The topological polar surface area (TPSA) is 102 Å². The van der Waals surface area contributed by atoms with E-state index < -0.39 is 0 Å². The highest BCUT2D eigenvalue weighted by atomic mass is 19.1. The zero-order valence-corrected chi connectivity index (χ0v) is 17.4. The zero-order chi connectivity index (χ0) is 22.2. The molecule has 1 aliphatic rings. The molecule has 3 rings (SSSR count). The number of benzene rings is 2. The van der Waals surface area contributed by atoms with Crippen LogP contribution in [0.5, 0.6) is 0 Å². The molecule has 1 amide bonds. The number of anilines is 1. The molecule has 0 spiro atoms. The third-order valence-corrected chi connectivity index (χ3v) is 4.74. The van der Waals surface area contributed by atoms with Crippen LogP contribution in [0, 0.1) is 18.2 Å². The maximum absolute atomic E-state index is 13.2. The van der Waals surface area contributed by atoms with Gasteiger partial charge in [0.1, 0.15) is 12.0 Å². The van der Waals surface area contributed by atoms with Crippen molar-refractivity contribution in [2.45, 2.75) is 26.4 Å². The number of hydrazone groups is 1. The minimum atomic E-state index is -0.322. The molecule has 0 saturated heterocycles. The Morgan fingerprint density at radius 3 is 2.84 bits per heavy atom. The Hall–Kier alpha value is -3.59.